The molecule has 3 nitrogen and oxygen atoms in total. The molecule has 0 fully saturated rings. The number of amides is 1. The van der Waals surface area contributed by atoms with Gasteiger partial charge in [0.2, 0.25) is 0 Å². The summed E-state index contributed by atoms with van der Waals surface area (Å²) in [6.45, 7) is 2.52. The number of carbonyl (C=O) groups excluding carboxylic acids is 1. The van der Waals surface area contributed by atoms with Crippen molar-refractivity contribution >= 4 is 12.2 Å². The van der Waals surface area contributed by atoms with Crippen LogP contribution in [0, 0.1) is 12.7 Å². The van der Waals surface area contributed by atoms with Crippen molar-refractivity contribution in [3.63, 3.8) is 0 Å². The molecule has 30 heavy (non-hydrogen) atoms. The van der Waals surface area contributed by atoms with Gasteiger partial charge in [-0.25, -0.2) is 9.18 Å². The first kappa shape index (κ1) is 19.9. The fourth-order valence-electron chi connectivity index (χ4n) is 3.92. The van der Waals surface area contributed by atoms with E-state index in [9.17, 15) is 9.18 Å². The largest absolute Gasteiger partial charge is 0.449 e. The van der Waals surface area contributed by atoms with E-state index in [1.54, 1.807) is 13.0 Å². The Balaban J connectivity index is 1.28. The van der Waals surface area contributed by atoms with Crippen LogP contribution in [0.25, 0.3) is 17.2 Å². The molecular weight excluding hydrogens is 377 g/mol. The lowest BCUT2D eigenvalue weighted by atomic mass is 9.98. The van der Waals surface area contributed by atoms with E-state index in [-0.39, 0.29) is 11.7 Å². The predicted octanol–water partition coefficient (Wildman–Crippen LogP) is 6.08. The highest BCUT2D eigenvalue weighted by atomic mass is 19.1. The summed E-state index contributed by atoms with van der Waals surface area (Å²) in [5, 5.41) is 2.78. The zero-order valence-corrected chi connectivity index (χ0v) is 16.9. The maximum absolute atomic E-state index is 13.6. The molecule has 4 heteroatoms. The van der Waals surface area contributed by atoms with Crippen molar-refractivity contribution in [3.05, 3.63) is 101 Å². The Bertz CT molecular complexity index is 1040. The fourth-order valence-corrected chi connectivity index (χ4v) is 3.92. The molecule has 0 aliphatic heterocycles. The minimum Gasteiger partial charge on any atom is -0.449 e. The molecule has 1 amide bonds. The summed E-state index contributed by atoms with van der Waals surface area (Å²) in [5.41, 5.74) is 6.27. The van der Waals surface area contributed by atoms with Gasteiger partial charge in [0.25, 0.3) is 0 Å². The van der Waals surface area contributed by atoms with Gasteiger partial charge in [-0.2, -0.15) is 0 Å². The molecule has 0 radical (unpaired) electrons. The monoisotopic (exact) mass is 401 g/mol. The number of hydrogen-bond acceptors (Lipinski definition) is 2. The van der Waals surface area contributed by atoms with Gasteiger partial charge in [0.05, 0.1) is 0 Å². The third-order valence-electron chi connectivity index (χ3n) is 5.53. The lowest BCUT2D eigenvalue weighted by Crippen LogP contribution is -2.26. The van der Waals surface area contributed by atoms with Crippen LogP contribution in [0.3, 0.4) is 0 Å². The zero-order chi connectivity index (χ0) is 20.9. The number of carbonyl (C=O) groups is 1. The van der Waals surface area contributed by atoms with Gasteiger partial charge in [-0.3, -0.25) is 0 Å². The van der Waals surface area contributed by atoms with Crippen molar-refractivity contribution in [1.29, 1.82) is 0 Å². The molecule has 1 aliphatic rings. The molecule has 0 unspecified atom stereocenters. The van der Waals surface area contributed by atoms with Crippen LogP contribution in [0.15, 0.2) is 72.8 Å². The molecule has 1 aliphatic carbocycles. The van der Waals surface area contributed by atoms with E-state index in [2.05, 4.69) is 29.6 Å². The average molecular weight is 401 g/mol. The van der Waals surface area contributed by atoms with E-state index >= 15 is 0 Å². The topological polar surface area (TPSA) is 38.3 Å². The quantitative estimate of drug-likeness (QED) is 0.509. The summed E-state index contributed by atoms with van der Waals surface area (Å²) in [4.78, 5) is 12.1. The minimum atomic E-state index is -0.424. The van der Waals surface area contributed by atoms with E-state index in [4.69, 9.17) is 4.74 Å². The van der Waals surface area contributed by atoms with E-state index in [1.165, 1.54) is 28.3 Å². The van der Waals surface area contributed by atoms with Crippen LogP contribution in [-0.4, -0.2) is 19.2 Å². The number of halogens is 1. The second kappa shape index (κ2) is 8.95. The second-order valence-corrected chi connectivity index (χ2v) is 7.40. The maximum Gasteiger partial charge on any atom is 0.407 e. The second-order valence-electron chi connectivity index (χ2n) is 7.40. The highest BCUT2D eigenvalue weighted by Crippen LogP contribution is 2.44. The van der Waals surface area contributed by atoms with Gasteiger partial charge in [0.15, 0.2) is 0 Å². The Morgan fingerprint density at radius 1 is 1.00 bits per heavy atom. The van der Waals surface area contributed by atoms with Crippen molar-refractivity contribution in [2.24, 2.45) is 0 Å². The highest BCUT2D eigenvalue weighted by molar-refractivity contribution is 5.79. The lowest BCUT2D eigenvalue weighted by molar-refractivity contribution is 0.143. The molecule has 4 rings (SSSR count). The van der Waals surface area contributed by atoms with Crippen LogP contribution in [0.1, 0.15) is 34.6 Å². The Morgan fingerprint density at radius 2 is 1.67 bits per heavy atom. The Labute approximate surface area is 176 Å². The van der Waals surface area contributed by atoms with Crippen molar-refractivity contribution < 1.29 is 13.9 Å². The number of ether oxygens (including phenoxy) is 1. The van der Waals surface area contributed by atoms with Gasteiger partial charge in [0.1, 0.15) is 12.4 Å². The summed E-state index contributed by atoms with van der Waals surface area (Å²) in [6, 6.07) is 21.5. The van der Waals surface area contributed by atoms with Crippen LogP contribution in [0.5, 0.6) is 0 Å². The van der Waals surface area contributed by atoms with E-state index in [1.807, 2.05) is 42.5 Å². The maximum atomic E-state index is 13.6. The van der Waals surface area contributed by atoms with Crippen molar-refractivity contribution in [2.45, 2.75) is 19.3 Å². The summed E-state index contributed by atoms with van der Waals surface area (Å²) < 4.78 is 19.1. The van der Waals surface area contributed by atoms with Crippen LogP contribution < -0.4 is 5.32 Å². The number of hydrogen-bond donors (Lipinski definition) is 1. The number of rotatable bonds is 6. The van der Waals surface area contributed by atoms with E-state index in [0.717, 1.165) is 5.56 Å². The predicted molar refractivity (Wildman–Crippen MR) is 118 cm³/mol. The molecule has 0 bridgehead atoms. The third kappa shape index (κ3) is 4.13. The Kier molecular flexibility index (Phi) is 5.94. The summed E-state index contributed by atoms with van der Waals surface area (Å²) in [6.07, 6.45) is 4.01. The third-order valence-corrected chi connectivity index (χ3v) is 5.53. The Hall–Kier alpha value is -3.40. The smallest absolute Gasteiger partial charge is 0.407 e. The standard InChI is InChI=1S/C26H24FNO2/c1-18-19(10-8-15-25(18)27)9-6-7-16-28-26(29)30-17-24-22-13-4-2-11-20(22)21-12-3-5-14-23(21)24/h2-6,8-15,24H,7,16-17H2,1H3,(H,28,29). The summed E-state index contributed by atoms with van der Waals surface area (Å²) in [5.74, 6) is -0.159. The molecule has 0 heterocycles. The number of benzene rings is 3. The number of alkyl carbamates (subject to hydrolysis) is 1. The van der Waals surface area contributed by atoms with Gasteiger partial charge < -0.3 is 10.1 Å². The normalized spacial score (nSPS) is 12.6. The number of fused-ring (bicyclic) bond motifs is 3. The minimum absolute atomic E-state index is 0.0546. The highest BCUT2D eigenvalue weighted by Gasteiger charge is 2.28. The summed E-state index contributed by atoms with van der Waals surface area (Å²) >= 11 is 0. The molecule has 0 saturated heterocycles. The van der Waals surface area contributed by atoms with Gasteiger partial charge in [0, 0.05) is 12.5 Å². The van der Waals surface area contributed by atoms with E-state index in [0.29, 0.717) is 25.1 Å². The number of nitrogens with one attached hydrogen (secondary N) is 1. The van der Waals surface area contributed by atoms with Crippen LogP contribution in [0.4, 0.5) is 9.18 Å². The van der Waals surface area contributed by atoms with Gasteiger partial charge >= 0.3 is 6.09 Å². The average Bonchev–Trinajstić information content (AvgIpc) is 3.09. The molecule has 152 valence electrons. The van der Waals surface area contributed by atoms with Gasteiger partial charge in [-0.05, 0) is 52.8 Å². The SMILES string of the molecule is Cc1c(F)cccc1C=CCCNC(=O)OCC1c2ccccc2-c2ccccc21. The molecule has 3 aromatic carbocycles. The van der Waals surface area contributed by atoms with Crippen molar-refractivity contribution in [3.8, 4) is 11.1 Å². The van der Waals surface area contributed by atoms with E-state index < -0.39 is 6.09 Å². The van der Waals surface area contributed by atoms with Crippen LogP contribution in [0.2, 0.25) is 0 Å². The van der Waals surface area contributed by atoms with Crippen molar-refractivity contribution in [2.75, 3.05) is 13.2 Å². The first-order chi connectivity index (χ1) is 14.6. The molecular formula is C26H24FNO2. The molecule has 0 saturated carbocycles. The molecule has 1 N–H and O–H groups in total. The molecule has 0 aromatic heterocycles. The molecule has 0 spiro atoms. The molecule has 3 aromatic rings. The lowest BCUT2D eigenvalue weighted by Gasteiger charge is -2.14. The fraction of sp³-hybridized carbons (Fsp3) is 0.192. The first-order valence-electron chi connectivity index (χ1n) is 10.2. The Morgan fingerprint density at radius 3 is 2.37 bits per heavy atom. The van der Waals surface area contributed by atoms with Crippen molar-refractivity contribution in [1.82, 2.24) is 5.32 Å². The zero-order valence-electron chi connectivity index (χ0n) is 16.9. The summed E-state index contributed by atoms with van der Waals surface area (Å²) in [7, 11) is 0. The van der Waals surface area contributed by atoms with Gasteiger partial charge in [-0.15, -0.1) is 0 Å². The van der Waals surface area contributed by atoms with Crippen LogP contribution in [-0.2, 0) is 4.74 Å². The van der Waals surface area contributed by atoms with Crippen LogP contribution >= 0.6 is 0 Å². The van der Waals surface area contributed by atoms with Gasteiger partial charge in [-0.1, -0.05) is 72.8 Å². The first-order valence-corrected chi connectivity index (χ1v) is 10.2. The molecule has 0 atom stereocenters.